The third-order valence-corrected chi connectivity index (χ3v) is 7.22. The van der Waals surface area contributed by atoms with Crippen molar-refractivity contribution in [3.63, 3.8) is 0 Å². The van der Waals surface area contributed by atoms with E-state index in [0.29, 0.717) is 29.5 Å². The van der Waals surface area contributed by atoms with Crippen LogP contribution in [0.5, 0.6) is 5.75 Å². The number of carbonyl (C=O) groups is 1. The molecule has 1 heterocycles. The Morgan fingerprint density at radius 1 is 0.882 bits per heavy atom. The molecule has 178 valence electrons. The first-order valence-corrected chi connectivity index (χ1v) is 12.8. The standard InChI is InChI=1S/C25H26ClN3O4S/c26-21-6-8-22(9-7-21)27-34(31,32)24-12-10-23(11-13-24)33-19-25(30)29-16-14-28(15-17-29)18-20-4-2-1-3-5-20/h1-13,27H,14-19H2. The number of anilines is 1. The molecule has 0 saturated carbocycles. The molecule has 9 heteroatoms. The van der Waals surface area contributed by atoms with Crippen molar-refractivity contribution in [2.24, 2.45) is 0 Å². The molecule has 34 heavy (non-hydrogen) atoms. The summed E-state index contributed by atoms with van der Waals surface area (Å²) in [4.78, 5) is 16.8. The van der Waals surface area contributed by atoms with Gasteiger partial charge in [0.25, 0.3) is 15.9 Å². The van der Waals surface area contributed by atoms with Gasteiger partial charge in [0.05, 0.1) is 4.90 Å². The molecular formula is C25H26ClN3O4S. The van der Waals surface area contributed by atoms with E-state index in [4.69, 9.17) is 16.3 Å². The molecule has 0 aromatic heterocycles. The average Bonchev–Trinajstić information content (AvgIpc) is 2.85. The van der Waals surface area contributed by atoms with Gasteiger partial charge in [0.15, 0.2) is 6.61 Å². The van der Waals surface area contributed by atoms with Crippen LogP contribution < -0.4 is 9.46 Å². The molecule has 3 aromatic rings. The summed E-state index contributed by atoms with van der Waals surface area (Å²) >= 11 is 5.83. The van der Waals surface area contributed by atoms with Crippen molar-refractivity contribution in [2.45, 2.75) is 11.4 Å². The van der Waals surface area contributed by atoms with Crippen LogP contribution in [0, 0.1) is 0 Å². The molecule has 1 N–H and O–H groups in total. The Bertz CT molecular complexity index is 1200. The Balaban J connectivity index is 1.24. The lowest BCUT2D eigenvalue weighted by Crippen LogP contribution is -2.49. The second-order valence-electron chi connectivity index (χ2n) is 8.02. The summed E-state index contributed by atoms with van der Waals surface area (Å²) in [6.07, 6.45) is 0. The van der Waals surface area contributed by atoms with Crippen molar-refractivity contribution < 1.29 is 17.9 Å². The Labute approximate surface area is 205 Å². The lowest BCUT2D eigenvalue weighted by molar-refractivity contribution is -0.135. The number of ether oxygens (including phenoxy) is 1. The number of benzene rings is 3. The number of hydrogen-bond acceptors (Lipinski definition) is 5. The number of nitrogens with one attached hydrogen (secondary N) is 1. The Morgan fingerprint density at radius 3 is 2.18 bits per heavy atom. The van der Waals surface area contributed by atoms with Gasteiger partial charge < -0.3 is 9.64 Å². The highest BCUT2D eigenvalue weighted by molar-refractivity contribution is 7.92. The van der Waals surface area contributed by atoms with E-state index in [1.807, 2.05) is 18.2 Å². The highest BCUT2D eigenvalue weighted by atomic mass is 35.5. The number of rotatable bonds is 8. The number of sulfonamides is 1. The van der Waals surface area contributed by atoms with Gasteiger partial charge in [0.2, 0.25) is 0 Å². The summed E-state index contributed by atoms with van der Waals surface area (Å²) in [6.45, 7) is 3.72. The van der Waals surface area contributed by atoms with Crippen molar-refractivity contribution in [3.8, 4) is 5.75 Å². The van der Waals surface area contributed by atoms with Crippen LogP contribution in [-0.2, 0) is 21.4 Å². The Kier molecular flexibility index (Phi) is 7.72. The minimum absolute atomic E-state index is 0.0829. The molecule has 1 amide bonds. The zero-order valence-electron chi connectivity index (χ0n) is 18.6. The maximum atomic E-state index is 12.6. The minimum Gasteiger partial charge on any atom is -0.484 e. The van der Waals surface area contributed by atoms with Gasteiger partial charge in [-0.25, -0.2) is 8.42 Å². The Morgan fingerprint density at radius 2 is 1.53 bits per heavy atom. The smallest absolute Gasteiger partial charge is 0.261 e. The van der Waals surface area contributed by atoms with E-state index in [1.165, 1.54) is 17.7 Å². The van der Waals surface area contributed by atoms with Crippen molar-refractivity contribution >= 4 is 33.2 Å². The Hall–Kier alpha value is -3.07. The first kappa shape index (κ1) is 24.1. The third kappa shape index (κ3) is 6.50. The summed E-state index contributed by atoms with van der Waals surface area (Å²) in [7, 11) is -3.75. The predicted octanol–water partition coefficient (Wildman–Crippen LogP) is 3.86. The fourth-order valence-corrected chi connectivity index (χ4v) is 4.87. The first-order valence-electron chi connectivity index (χ1n) is 10.9. The topological polar surface area (TPSA) is 78.9 Å². The molecule has 1 saturated heterocycles. The van der Waals surface area contributed by atoms with Crippen molar-refractivity contribution in [3.05, 3.63) is 89.4 Å². The minimum atomic E-state index is -3.75. The number of nitrogens with zero attached hydrogens (tertiary/aromatic N) is 2. The van der Waals surface area contributed by atoms with E-state index < -0.39 is 10.0 Å². The van der Waals surface area contributed by atoms with Crippen molar-refractivity contribution in [1.29, 1.82) is 0 Å². The number of amides is 1. The van der Waals surface area contributed by atoms with Gasteiger partial charge in [-0.2, -0.15) is 0 Å². The first-order chi connectivity index (χ1) is 16.4. The summed E-state index contributed by atoms with van der Waals surface area (Å²) < 4.78 is 33.2. The molecular weight excluding hydrogens is 474 g/mol. The summed E-state index contributed by atoms with van der Waals surface area (Å²) in [5, 5.41) is 0.521. The molecule has 0 spiro atoms. The second kappa shape index (κ2) is 10.9. The molecule has 1 fully saturated rings. The van der Waals surface area contributed by atoms with E-state index in [9.17, 15) is 13.2 Å². The van der Waals surface area contributed by atoms with Gasteiger partial charge >= 0.3 is 0 Å². The van der Waals surface area contributed by atoms with Gasteiger partial charge in [0, 0.05) is 43.4 Å². The van der Waals surface area contributed by atoms with Gasteiger partial charge in [-0.1, -0.05) is 41.9 Å². The van der Waals surface area contributed by atoms with E-state index in [0.717, 1.165) is 19.6 Å². The monoisotopic (exact) mass is 499 g/mol. The average molecular weight is 500 g/mol. The highest BCUT2D eigenvalue weighted by Crippen LogP contribution is 2.21. The van der Waals surface area contributed by atoms with Crippen LogP contribution in [0.2, 0.25) is 5.02 Å². The van der Waals surface area contributed by atoms with E-state index in [-0.39, 0.29) is 17.4 Å². The molecule has 7 nitrogen and oxygen atoms in total. The maximum absolute atomic E-state index is 12.6. The lowest BCUT2D eigenvalue weighted by atomic mass is 10.2. The molecule has 0 unspecified atom stereocenters. The van der Waals surface area contributed by atoms with Crippen molar-refractivity contribution in [2.75, 3.05) is 37.5 Å². The zero-order chi connectivity index (χ0) is 24.0. The van der Waals surface area contributed by atoms with Crippen LogP contribution >= 0.6 is 11.6 Å². The lowest BCUT2D eigenvalue weighted by Gasteiger charge is -2.34. The second-order valence-corrected chi connectivity index (χ2v) is 10.1. The van der Waals surface area contributed by atoms with E-state index in [2.05, 4.69) is 21.8 Å². The summed E-state index contributed by atoms with van der Waals surface area (Å²) in [5.74, 6) is 0.349. The largest absolute Gasteiger partial charge is 0.484 e. The fourth-order valence-electron chi connectivity index (χ4n) is 3.68. The van der Waals surface area contributed by atoms with Gasteiger partial charge in [-0.15, -0.1) is 0 Å². The molecule has 1 aliphatic heterocycles. The molecule has 0 atom stereocenters. The molecule has 4 rings (SSSR count). The molecule has 1 aliphatic rings. The van der Waals surface area contributed by atoms with Crippen LogP contribution in [0.15, 0.2) is 83.8 Å². The van der Waals surface area contributed by atoms with Crippen LogP contribution in [0.3, 0.4) is 0 Å². The van der Waals surface area contributed by atoms with Crippen molar-refractivity contribution in [1.82, 2.24) is 9.80 Å². The number of piperazine rings is 1. The van der Waals surface area contributed by atoms with Crippen LogP contribution in [0.4, 0.5) is 5.69 Å². The SMILES string of the molecule is O=C(COc1ccc(S(=O)(=O)Nc2ccc(Cl)cc2)cc1)N1CCN(Cc2ccccc2)CC1. The summed E-state index contributed by atoms with van der Waals surface area (Å²) in [6, 6.07) is 22.6. The van der Waals surface area contributed by atoms with E-state index >= 15 is 0 Å². The van der Waals surface area contributed by atoms with Gasteiger partial charge in [-0.3, -0.25) is 14.4 Å². The molecule has 0 bridgehead atoms. The quantitative estimate of drug-likeness (QED) is 0.509. The molecule has 3 aromatic carbocycles. The van der Waals surface area contributed by atoms with Crippen LogP contribution in [0.25, 0.3) is 0 Å². The highest BCUT2D eigenvalue weighted by Gasteiger charge is 2.21. The molecule has 0 aliphatic carbocycles. The van der Waals surface area contributed by atoms with E-state index in [1.54, 1.807) is 41.3 Å². The van der Waals surface area contributed by atoms with Crippen LogP contribution in [0.1, 0.15) is 5.56 Å². The normalized spacial score (nSPS) is 14.6. The zero-order valence-corrected chi connectivity index (χ0v) is 20.1. The number of hydrogen-bond donors (Lipinski definition) is 1. The van der Waals surface area contributed by atoms with Gasteiger partial charge in [-0.05, 0) is 54.1 Å². The molecule has 0 radical (unpaired) electrons. The third-order valence-electron chi connectivity index (χ3n) is 5.57. The van der Waals surface area contributed by atoms with Crippen LogP contribution in [-0.4, -0.2) is 56.9 Å². The fraction of sp³-hybridized carbons (Fsp3) is 0.240. The summed E-state index contributed by atoms with van der Waals surface area (Å²) in [5.41, 5.74) is 1.68. The predicted molar refractivity (Wildman–Crippen MR) is 132 cm³/mol. The maximum Gasteiger partial charge on any atom is 0.261 e. The number of carbonyl (C=O) groups excluding carboxylic acids is 1. The number of halogens is 1. The van der Waals surface area contributed by atoms with Gasteiger partial charge in [0.1, 0.15) is 5.75 Å².